The SMILES string of the molecule is Cn1ncc(-c2cccc(N)c2OC(F)F)n1. The first-order chi connectivity index (χ1) is 8.08. The smallest absolute Gasteiger partial charge is 0.387 e. The Hall–Kier alpha value is -2.18. The van der Waals surface area contributed by atoms with Crippen LogP contribution in [0.25, 0.3) is 11.3 Å². The predicted molar refractivity (Wildman–Crippen MR) is 57.5 cm³/mol. The fourth-order valence-electron chi connectivity index (χ4n) is 1.45. The molecule has 90 valence electrons. The van der Waals surface area contributed by atoms with Gasteiger partial charge >= 0.3 is 6.61 Å². The summed E-state index contributed by atoms with van der Waals surface area (Å²) < 4.78 is 29.0. The summed E-state index contributed by atoms with van der Waals surface area (Å²) in [5.41, 5.74) is 6.55. The van der Waals surface area contributed by atoms with Crippen molar-refractivity contribution in [2.75, 3.05) is 5.73 Å². The van der Waals surface area contributed by atoms with E-state index in [9.17, 15) is 8.78 Å². The van der Waals surface area contributed by atoms with Gasteiger partial charge in [0.25, 0.3) is 0 Å². The summed E-state index contributed by atoms with van der Waals surface area (Å²) in [4.78, 5) is 1.32. The molecule has 2 N–H and O–H groups in total. The van der Waals surface area contributed by atoms with Gasteiger partial charge in [0.1, 0.15) is 5.69 Å². The van der Waals surface area contributed by atoms with E-state index in [1.807, 2.05) is 0 Å². The molecule has 0 unspecified atom stereocenters. The van der Waals surface area contributed by atoms with Crippen LogP contribution in [0.2, 0.25) is 0 Å². The van der Waals surface area contributed by atoms with Crippen LogP contribution in [-0.4, -0.2) is 21.6 Å². The first-order valence-electron chi connectivity index (χ1n) is 4.78. The maximum absolute atomic E-state index is 12.3. The minimum absolute atomic E-state index is 0.0806. The number of hydrogen-bond acceptors (Lipinski definition) is 4. The van der Waals surface area contributed by atoms with Crippen molar-refractivity contribution in [3.63, 3.8) is 0 Å². The maximum Gasteiger partial charge on any atom is 0.387 e. The van der Waals surface area contributed by atoms with Crippen LogP contribution < -0.4 is 10.5 Å². The van der Waals surface area contributed by atoms with E-state index in [0.29, 0.717) is 11.3 Å². The third-order valence-electron chi connectivity index (χ3n) is 2.13. The van der Waals surface area contributed by atoms with E-state index < -0.39 is 6.61 Å². The number of aromatic nitrogens is 3. The van der Waals surface area contributed by atoms with E-state index >= 15 is 0 Å². The number of para-hydroxylation sites is 1. The number of nitrogens with two attached hydrogens (primary N) is 1. The molecule has 0 spiro atoms. The van der Waals surface area contributed by atoms with Gasteiger partial charge in [-0.15, -0.1) is 0 Å². The molecule has 0 aliphatic heterocycles. The van der Waals surface area contributed by atoms with E-state index in [4.69, 9.17) is 5.73 Å². The first kappa shape index (κ1) is 11.3. The molecule has 17 heavy (non-hydrogen) atoms. The molecule has 2 rings (SSSR count). The molecular weight excluding hydrogens is 230 g/mol. The summed E-state index contributed by atoms with van der Waals surface area (Å²) >= 11 is 0. The van der Waals surface area contributed by atoms with Crippen LogP contribution in [0.1, 0.15) is 0 Å². The Kier molecular flexibility index (Phi) is 2.90. The highest BCUT2D eigenvalue weighted by Crippen LogP contribution is 2.34. The number of anilines is 1. The largest absolute Gasteiger partial charge is 0.432 e. The molecule has 0 amide bonds. The lowest BCUT2D eigenvalue weighted by molar-refractivity contribution is -0.0489. The maximum atomic E-state index is 12.3. The van der Waals surface area contributed by atoms with Gasteiger partial charge in [0, 0.05) is 12.6 Å². The highest BCUT2D eigenvalue weighted by Gasteiger charge is 2.16. The molecule has 1 heterocycles. The number of alkyl halides is 2. The van der Waals surface area contributed by atoms with Gasteiger partial charge in [0.2, 0.25) is 0 Å². The van der Waals surface area contributed by atoms with Crippen molar-refractivity contribution in [3.05, 3.63) is 24.4 Å². The van der Waals surface area contributed by atoms with E-state index in [2.05, 4.69) is 14.9 Å². The second-order valence-electron chi connectivity index (χ2n) is 3.32. The monoisotopic (exact) mass is 240 g/mol. The third-order valence-corrected chi connectivity index (χ3v) is 2.13. The average Bonchev–Trinajstić information content (AvgIpc) is 2.67. The molecule has 0 bridgehead atoms. The Morgan fingerprint density at radius 1 is 1.41 bits per heavy atom. The lowest BCUT2D eigenvalue weighted by atomic mass is 10.1. The van der Waals surface area contributed by atoms with E-state index in [1.54, 1.807) is 19.2 Å². The lowest BCUT2D eigenvalue weighted by Gasteiger charge is -2.11. The number of aryl methyl sites for hydroxylation is 1. The highest BCUT2D eigenvalue weighted by molar-refractivity contribution is 5.74. The van der Waals surface area contributed by atoms with Crippen molar-refractivity contribution in [1.82, 2.24) is 15.0 Å². The van der Waals surface area contributed by atoms with Gasteiger partial charge in [-0.3, -0.25) is 0 Å². The van der Waals surface area contributed by atoms with Gasteiger partial charge in [-0.05, 0) is 12.1 Å². The molecule has 0 fully saturated rings. The van der Waals surface area contributed by atoms with Gasteiger partial charge < -0.3 is 10.5 Å². The number of halogens is 2. The molecule has 0 aliphatic rings. The number of hydrogen-bond donors (Lipinski definition) is 1. The number of rotatable bonds is 3. The molecule has 0 atom stereocenters. The Bertz CT molecular complexity index is 527. The number of nitrogen functional groups attached to an aromatic ring is 1. The number of benzene rings is 1. The fraction of sp³-hybridized carbons (Fsp3) is 0.200. The van der Waals surface area contributed by atoms with Crippen molar-refractivity contribution in [2.24, 2.45) is 7.05 Å². The summed E-state index contributed by atoms with van der Waals surface area (Å²) in [5, 5.41) is 7.88. The van der Waals surface area contributed by atoms with Crippen LogP contribution in [0.15, 0.2) is 24.4 Å². The van der Waals surface area contributed by atoms with Crippen LogP contribution in [0, 0.1) is 0 Å². The molecule has 1 aromatic heterocycles. The van der Waals surface area contributed by atoms with Crippen molar-refractivity contribution < 1.29 is 13.5 Å². The third kappa shape index (κ3) is 2.32. The standard InChI is InChI=1S/C10H10F2N4O/c1-16-14-5-8(15-16)6-3-2-4-7(13)9(6)17-10(11)12/h2-5,10H,13H2,1H3. The number of nitrogens with zero attached hydrogens (tertiary/aromatic N) is 3. The van der Waals surface area contributed by atoms with Gasteiger partial charge in [-0.25, -0.2) is 0 Å². The van der Waals surface area contributed by atoms with E-state index in [0.717, 1.165) is 0 Å². The molecule has 1 aromatic carbocycles. The molecule has 2 aromatic rings. The normalized spacial score (nSPS) is 10.8. The van der Waals surface area contributed by atoms with E-state index in [1.165, 1.54) is 17.1 Å². The summed E-state index contributed by atoms with van der Waals surface area (Å²) in [6.45, 7) is -2.94. The Morgan fingerprint density at radius 2 is 2.18 bits per heavy atom. The van der Waals surface area contributed by atoms with Crippen LogP contribution in [-0.2, 0) is 7.05 Å². The summed E-state index contributed by atoms with van der Waals surface area (Å²) in [5.74, 6) is -0.0806. The zero-order chi connectivity index (χ0) is 12.4. The van der Waals surface area contributed by atoms with Crippen LogP contribution in [0.3, 0.4) is 0 Å². The van der Waals surface area contributed by atoms with Crippen molar-refractivity contribution in [1.29, 1.82) is 0 Å². The van der Waals surface area contributed by atoms with Crippen molar-refractivity contribution in [2.45, 2.75) is 6.61 Å². The van der Waals surface area contributed by atoms with Crippen LogP contribution >= 0.6 is 0 Å². The first-order valence-corrected chi connectivity index (χ1v) is 4.78. The quantitative estimate of drug-likeness (QED) is 0.828. The van der Waals surface area contributed by atoms with Gasteiger partial charge in [-0.1, -0.05) is 6.07 Å². The zero-order valence-electron chi connectivity index (χ0n) is 8.97. The molecule has 7 heteroatoms. The molecule has 0 aliphatic carbocycles. The minimum atomic E-state index is -2.94. The topological polar surface area (TPSA) is 66.0 Å². The Morgan fingerprint density at radius 3 is 2.76 bits per heavy atom. The van der Waals surface area contributed by atoms with E-state index in [-0.39, 0.29) is 11.4 Å². The lowest BCUT2D eigenvalue weighted by Crippen LogP contribution is -2.06. The Balaban J connectivity index is 2.49. The molecular formula is C10H10F2N4O. The summed E-state index contributed by atoms with van der Waals surface area (Å²) in [7, 11) is 1.63. The number of ether oxygens (including phenoxy) is 1. The second-order valence-corrected chi connectivity index (χ2v) is 3.32. The van der Waals surface area contributed by atoms with Crippen molar-refractivity contribution in [3.8, 4) is 17.0 Å². The van der Waals surface area contributed by atoms with Crippen LogP contribution in [0.5, 0.6) is 5.75 Å². The molecule has 0 saturated carbocycles. The average molecular weight is 240 g/mol. The summed E-state index contributed by atoms with van der Waals surface area (Å²) in [6, 6.07) is 4.72. The molecule has 5 nitrogen and oxygen atoms in total. The Labute approximate surface area is 95.8 Å². The summed E-state index contributed by atoms with van der Waals surface area (Å²) in [6.07, 6.45) is 1.45. The van der Waals surface area contributed by atoms with Crippen molar-refractivity contribution >= 4 is 5.69 Å². The zero-order valence-corrected chi connectivity index (χ0v) is 8.97. The van der Waals surface area contributed by atoms with Gasteiger partial charge in [-0.2, -0.15) is 23.8 Å². The molecule has 0 saturated heterocycles. The second kappa shape index (κ2) is 4.36. The van der Waals surface area contributed by atoms with Crippen LogP contribution in [0.4, 0.5) is 14.5 Å². The predicted octanol–water partition coefficient (Wildman–Crippen LogP) is 1.67. The minimum Gasteiger partial charge on any atom is -0.432 e. The highest BCUT2D eigenvalue weighted by atomic mass is 19.3. The van der Waals surface area contributed by atoms with Gasteiger partial charge in [0.05, 0.1) is 11.9 Å². The van der Waals surface area contributed by atoms with Gasteiger partial charge in [0.15, 0.2) is 5.75 Å². The molecule has 0 radical (unpaired) electrons. The fourth-order valence-corrected chi connectivity index (χ4v) is 1.45.